The van der Waals surface area contributed by atoms with Gasteiger partial charge in [0.25, 0.3) is 5.69 Å². The maximum atomic E-state index is 10.7. The summed E-state index contributed by atoms with van der Waals surface area (Å²) in [6.07, 6.45) is 0. The van der Waals surface area contributed by atoms with E-state index in [-0.39, 0.29) is 5.69 Å². The van der Waals surface area contributed by atoms with Gasteiger partial charge in [0.05, 0.1) is 15.6 Å². The van der Waals surface area contributed by atoms with Crippen LogP contribution in [0.4, 0.5) is 11.4 Å². The number of hydrogen-bond acceptors (Lipinski definition) is 3. The lowest BCUT2D eigenvalue weighted by Gasteiger charge is -2.11. The summed E-state index contributed by atoms with van der Waals surface area (Å²) >= 11 is 15.6. The van der Waals surface area contributed by atoms with Crippen LogP contribution in [0.25, 0.3) is 0 Å². The van der Waals surface area contributed by atoms with E-state index in [9.17, 15) is 10.1 Å². The summed E-state index contributed by atoms with van der Waals surface area (Å²) in [5.74, 6) is 0. The fourth-order valence-corrected chi connectivity index (χ4v) is 2.77. The molecule has 4 nitrogen and oxygen atoms in total. The summed E-state index contributed by atoms with van der Waals surface area (Å²) in [5, 5.41) is 14.9. The van der Waals surface area contributed by atoms with Crippen LogP contribution in [-0.4, -0.2) is 4.92 Å². The van der Waals surface area contributed by atoms with Gasteiger partial charge in [-0.2, -0.15) is 0 Å². The highest BCUT2D eigenvalue weighted by atomic mass is 79.9. The molecule has 0 unspecified atom stereocenters. The number of anilines is 1. The SMILES string of the molecule is Cc1cc(Br)c(NCc2ccc([N+](=O)[O-])cc2Cl)cc1Cl. The maximum absolute atomic E-state index is 10.7. The molecule has 0 radical (unpaired) electrons. The van der Waals surface area contributed by atoms with Crippen LogP contribution in [0, 0.1) is 17.0 Å². The van der Waals surface area contributed by atoms with Crippen molar-refractivity contribution in [2.45, 2.75) is 13.5 Å². The molecular weight excluding hydrogens is 379 g/mol. The first kappa shape index (κ1) is 16.1. The topological polar surface area (TPSA) is 55.2 Å². The molecule has 1 N–H and O–H groups in total. The summed E-state index contributed by atoms with van der Waals surface area (Å²) in [6, 6.07) is 8.15. The van der Waals surface area contributed by atoms with Crippen molar-refractivity contribution in [3.05, 3.63) is 66.1 Å². The molecule has 2 rings (SSSR count). The molecule has 2 aromatic rings. The summed E-state index contributed by atoms with van der Waals surface area (Å²) in [5.41, 5.74) is 2.55. The van der Waals surface area contributed by atoms with Crippen molar-refractivity contribution < 1.29 is 4.92 Å². The van der Waals surface area contributed by atoms with Gasteiger partial charge in [0, 0.05) is 28.2 Å². The molecule has 0 atom stereocenters. The fourth-order valence-electron chi connectivity index (χ4n) is 1.77. The normalized spacial score (nSPS) is 10.5. The molecule has 0 bridgehead atoms. The van der Waals surface area contributed by atoms with Gasteiger partial charge in [-0.1, -0.05) is 23.2 Å². The minimum atomic E-state index is -0.473. The number of non-ortho nitro benzene ring substituents is 1. The second kappa shape index (κ2) is 6.64. The van der Waals surface area contributed by atoms with Crippen LogP contribution in [0.2, 0.25) is 10.0 Å². The van der Waals surface area contributed by atoms with E-state index in [0.29, 0.717) is 16.6 Å². The first-order valence-corrected chi connectivity index (χ1v) is 7.55. The van der Waals surface area contributed by atoms with Crippen LogP contribution < -0.4 is 5.32 Å². The molecule has 110 valence electrons. The highest BCUT2D eigenvalue weighted by Crippen LogP contribution is 2.30. The highest BCUT2D eigenvalue weighted by molar-refractivity contribution is 9.10. The zero-order chi connectivity index (χ0) is 15.6. The van der Waals surface area contributed by atoms with Crippen LogP contribution in [0.5, 0.6) is 0 Å². The molecule has 0 aliphatic heterocycles. The monoisotopic (exact) mass is 388 g/mol. The van der Waals surface area contributed by atoms with E-state index < -0.39 is 4.92 Å². The molecule has 7 heteroatoms. The number of benzene rings is 2. The van der Waals surface area contributed by atoms with Gasteiger partial charge in [0.15, 0.2) is 0 Å². The van der Waals surface area contributed by atoms with Crippen LogP contribution in [-0.2, 0) is 6.54 Å². The predicted octanol–water partition coefficient (Wildman–Crippen LogP) is 5.58. The number of nitro groups is 1. The minimum absolute atomic E-state index is 0.0247. The van der Waals surface area contributed by atoms with Gasteiger partial charge in [-0.15, -0.1) is 0 Å². The summed E-state index contributed by atoms with van der Waals surface area (Å²) in [6.45, 7) is 2.36. The Kier molecular flexibility index (Phi) is 5.08. The standard InChI is InChI=1S/C14H11BrCl2N2O2/c1-8-4-11(15)14(6-12(8)16)18-7-9-2-3-10(19(20)21)5-13(9)17/h2-6,18H,7H2,1H3. The smallest absolute Gasteiger partial charge is 0.270 e. The van der Waals surface area contributed by atoms with E-state index >= 15 is 0 Å². The number of nitrogens with one attached hydrogen (secondary N) is 1. The molecule has 2 aromatic carbocycles. The van der Waals surface area contributed by atoms with Crippen molar-refractivity contribution in [2.75, 3.05) is 5.32 Å². The van der Waals surface area contributed by atoms with Crippen LogP contribution in [0.3, 0.4) is 0 Å². The van der Waals surface area contributed by atoms with Crippen molar-refractivity contribution in [1.29, 1.82) is 0 Å². The highest BCUT2D eigenvalue weighted by Gasteiger charge is 2.10. The minimum Gasteiger partial charge on any atom is -0.380 e. The molecule has 0 amide bonds. The van der Waals surface area contributed by atoms with E-state index in [2.05, 4.69) is 21.2 Å². The zero-order valence-electron chi connectivity index (χ0n) is 11.0. The van der Waals surface area contributed by atoms with Crippen LogP contribution in [0.1, 0.15) is 11.1 Å². The quantitative estimate of drug-likeness (QED) is 0.548. The average Bonchev–Trinajstić information content (AvgIpc) is 2.42. The lowest BCUT2D eigenvalue weighted by atomic mass is 10.2. The lowest BCUT2D eigenvalue weighted by Crippen LogP contribution is -2.01. The first-order chi connectivity index (χ1) is 9.88. The third-order valence-electron chi connectivity index (χ3n) is 2.97. The number of nitro benzene ring substituents is 1. The van der Waals surface area contributed by atoms with Crippen molar-refractivity contribution in [1.82, 2.24) is 0 Å². The summed E-state index contributed by atoms with van der Waals surface area (Å²) in [4.78, 5) is 10.2. The van der Waals surface area contributed by atoms with Crippen molar-refractivity contribution >= 4 is 50.5 Å². The Morgan fingerprint density at radius 3 is 2.57 bits per heavy atom. The Hall–Kier alpha value is -1.30. The number of rotatable bonds is 4. The Morgan fingerprint density at radius 1 is 1.24 bits per heavy atom. The van der Waals surface area contributed by atoms with E-state index in [1.165, 1.54) is 12.1 Å². The van der Waals surface area contributed by atoms with Crippen molar-refractivity contribution in [3.8, 4) is 0 Å². The molecule has 0 aliphatic carbocycles. The molecule has 0 fully saturated rings. The van der Waals surface area contributed by atoms with Gasteiger partial charge in [-0.25, -0.2) is 0 Å². The number of halogens is 3. The molecular formula is C14H11BrCl2N2O2. The van der Waals surface area contributed by atoms with Gasteiger partial charge in [-0.3, -0.25) is 10.1 Å². The van der Waals surface area contributed by atoms with Gasteiger partial charge in [0.2, 0.25) is 0 Å². The maximum Gasteiger partial charge on any atom is 0.270 e. The third kappa shape index (κ3) is 3.87. The molecule has 0 saturated carbocycles. The van der Waals surface area contributed by atoms with Gasteiger partial charge in [-0.05, 0) is 52.2 Å². The molecule has 0 saturated heterocycles. The van der Waals surface area contributed by atoms with E-state index in [0.717, 1.165) is 21.3 Å². The van der Waals surface area contributed by atoms with Crippen LogP contribution >= 0.6 is 39.1 Å². The van der Waals surface area contributed by atoms with E-state index in [1.54, 1.807) is 6.07 Å². The Morgan fingerprint density at radius 2 is 1.95 bits per heavy atom. The van der Waals surface area contributed by atoms with Gasteiger partial charge < -0.3 is 5.32 Å². The Bertz CT molecular complexity index is 708. The molecule has 0 aromatic heterocycles. The first-order valence-electron chi connectivity index (χ1n) is 6.01. The summed E-state index contributed by atoms with van der Waals surface area (Å²) in [7, 11) is 0. The van der Waals surface area contributed by atoms with E-state index in [1.807, 2.05) is 19.1 Å². The Balaban J connectivity index is 2.17. The third-order valence-corrected chi connectivity index (χ3v) is 4.38. The van der Waals surface area contributed by atoms with Crippen molar-refractivity contribution in [3.63, 3.8) is 0 Å². The average molecular weight is 390 g/mol. The van der Waals surface area contributed by atoms with Gasteiger partial charge >= 0.3 is 0 Å². The molecule has 21 heavy (non-hydrogen) atoms. The number of nitrogens with zero attached hydrogens (tertiary/aromatic N) is 1. The second-order valence-electron chi connectivity index (χ2n) is 4.47. The predicted molar refractivity (Wildman–Crippen MR) is 89.3 cm³/mol. The fraction of sp³-hybridized carbons (Fsp3) is 0.143. The number of hydrogen-bond donors (Lipinski definition) is 1. The largest absolute Gasteiger partial charge is 0.380 e. The summed E-state index contributed by atoms with van der Waals surface area (Å²) < 4.78 is 0.891. The molecule has 0 spiro atoms. The molecule has 0 aliphatic rings. The zero-order valence-corrected chi connectivity index (χ0v) is 14.1. The number of aryl methyl sites for hydroxylation is 1. The van der Waals surface area contributed by atoms with Crippen molar-refractivity contribution in [2.24, 2.45) is 0 Å². The van der Waals surface area contributed by atoms with E-state index in [4.69, 9.17) is 23.2 Å². The lowest BCUT2D eigenvalue weighted by molar-refractivity contribution is -0.384. The molecule has 0 heterocycles. The van der Waals surface area contributed by atoms with Crippen LogP contribution in [0.15, 0.2) is 34.8 Å². The second-order valence-corrected chi connectivity index (χ2v) is 6.14. The van der Waals surface area contributed by atoms with Gasteiger partial charge in [0.1, 0.15) is 0 Å². The Labute approximate surface area is 140 Å².